The fraction of sp³-hybridized carbons (Fsp3) is 0.250. The maximum Gasteiger partial charge on any atom is 0.327 e. The molecule has 0 radical (unpaired) electrons. The number of aromatic nitrogens is 1. The average Bonchev–Trinajstić information content (AvgIpc) is 2.81. The molecule has 1 unspecified atom stereocenters. The van der Waals surface area contributed by atoms with Crippen LogP contribution in [-0.2, 0) is 9.53 Å². The second kappa shape index (κ2) is 5.75. The summed E-state index contributed by atoms with van der Waals surface area (Å²) in [6.07, 6.45) is 0. The summed E-state index contributed by atoms with van der Waals surface area (Å²) in [6, 6.07) is 7.50. The number of benzene rings is 1. The number of nitrogens with zero attached hydrogens (tertiary/aromatic N) is 1. The maximum atomic E-state index is 12.1. The number of carbonyl (C=O) groups excluding carboxylic acids is 2. The van der Waals surface area contributed by atoms with Gasteiger partial charge in [0.05, 0.1) is 16.8 Å². The van der Waals surface area contributed by atoms with E-state index in [1.54, 1.807) is 29.5 Å². The smallest absolute Gasteiger partial charge is 0.327 e. The van der Waals surface area contributed by atoms with Gasteiger partial charge in [-0.05, 0) is 19.1 Å². The van der Waals surface area contributed by atoms with E-state index < -0.39 is 9.89 Å². The van der Waals surface area contributed by atoms with Gasteiger partial charge in [-0.15, -0.1) is 11.3 Å². The zero-order chi connectivity index (χ0) is 13.1. The van der Waals surface area contributed by atoms with Crippen molar-refractivity contribution in [2.75, 3.05) is 6.61 Å². The standard InChI is InChI=1S/C12H10INO3S/c1-2-17-12(16)9(13)10(15)11-14-7-5-3-4-6-8(7)18-11/h3-6,9H,2H2,1H3. The van der Waals surface area contributed by atoms with Crippen molar-refractivity contribution < 1.29 is 14.3 Å². The van der Waals surface area contributed by atoms with Crippen LogP contribution in [0.2, 0.25) is 0 Å². The summed E-state index contributed by atoms with van der Waals surface area (Å²) in [5.41, 5.74) is 0.776. The SMILES string of the molecule is CCOC(=O)C(I)C(=O)c1nc2ccccc2s1. The number of rotatable bonds is 4. The highest BCUT2D eigenvalue weighted by Crippen LogP contribution is 2.24. The summed E-state index contributed by atoms with van der Waals surface area (Å²) in [5, 5.41) is 0.351. The minimum absolute atomic E-state index is 0.269. The van der Waals surface area contributed by atoms with Gasteiger partial charge in [0.2, 0.25) is 5.78 Å². The van der Waals surface area contributed by atoms with Crippen molar-refractivity contribution in [3.05, 3.63) is 29.3 Å². The van der Waals surface area contributed by atoms with E-state index in [9.17, 15) is 9.59 Å². The minimum Gasteiger partial charge on any atom is -0.465 e. The van der Waals surface area contributed by atoms with Crippen LogP contribution < -0.4 is 0 Å². The van der Waals surface area contributed by atoms with E-state index in [-0.39, 0.29) is 12.4 Å². The molecule has 0 spiro atoms. The quantitative estimate of drug-likeness (QED) is 0.271. The van der Waals surface area contributed by atoms with Crippen LogP contribution in [-0.4, -0.2) is 27.3 Å². The molecule has 2 rings (SSSR count). The molecule has 6 heteroatoms. The summed E-state index contributed by atoms with van der Waals surface area (Å²) in [6.45, 7) is 1.98. The van der Waals surface area contributed by atoms with E-state index in [2.05, 4.69) is 4.98 Å². The highest BCUT2D eigenvalue weighted by Gasteiger charge is 2.28. The molecule has 0 saturated carbocycles. The minimum atomic E-state index is -0.830. The van der Waals surface area contributed by atoms with Crippen LogP contribution in [0.1, 0.15) is 16.7 Å². The number of ether oxygens (including phenoxy) is 1. The molecular formula is C12H10INO3S. The van der Waals surface area contributed by atoms with Crippen molar-refractivity contribution >= 4 is 55.9 Å². The van der Waals surface area contributed by atoms with Crippen molar-refractivity contribution in [2.45, 2.75) is 10.8 Å². The second-order valence-electron chi connectivity index (χ2n) is 3.47. The first-order valence-corrected chi connectivity index (χ1v) is 7.40. The highest BCUT2D eigenvalue weighted by atomic mass is 127. The lowest BCUT2D eigenvalue weighted by Crippen LogP contribution is -2.26. The number of Topliss-reactive ketones (excluding diaryl/α,β-unsaturated/α-hetero) is 1. The van der Waals surface area contributed by atoms with Crippen molar-refractivity contribution in [3.8, 4) is 0 Å². The number of halogens is 1. The molecule has 0 amide bonds. The van der Waals surface area contributed by atoms with Gasteiger partial charge in [0.1, 0.15) is 0 Å². The van der Waals surface area contributed by atoms with Gasteiger partial charge in [0.25, 0.3) is 0 Å². The molecule has 0 fully saturated rings. The number of carbonyl (C=O) groups is 2. The number of alkyl halides is 1. The lowest BCUT2D eigenvalue weighted by atomic mass is 10.3. The Morgan fingerprint density at radius 1 is 1.44 bits per heavy atom. The van der Waals surface area contributed by atoms with Crippen LogP contribution in [0.15, 0.2) is 24.3 Å². The monoisotopic (exact) mass is 375 g/mol. The van der Waals surface area contributed by atoms with E-state index in [0.717, 1.165) is 10.2 Å². The van der Waals surface area contributed by atoms with Crippen LogP contribution in [0.5, 0.6) is 0 Å². The predicted molar refractivity (Wildman–Crippen MR) is 78.4 cm³/mol. The Balaban J connectivity index is 2.25. The van der Waals surface area contributed by atoms with Crippen LogP contribution in [0.25, 0.3) is 10.2 Å². The molecule has 0 saturated heterocycles. The largest absolute Gasteiger partial charge is 0.465 e. The summed E-state index contributed by atoms with van der Waals surface area (Å²) in [4.78, 5) is 27.8. The second-order valence-corrected chi connectivity index (χ2v) is 5.74. The molecule has 1 aromatic carbocycles. The van der Waals surface area contributed by atoms with Crippen LogP contribution in [0, 0.1) is 0 Å². The molecule has 2 aromatic rings. The van der Waals surface area contributed by atoms with Gasteiger partial charge in [-0.25, -0.2) is 4.98 Å². The van der Waals surface area contributed by atoms with Gasteiger partial charge < -0.3 is 4.74 Å². The Morgan fingerprint density at radius 3 is 2.83 bits per heavy atom. The van der Waals surface area contributed by atoms with E-state index in [1.165, 1.54) is 11.3 Å². The Bertz CT molecular complexity index is 563. The first-order valence-electron chi connectivity index (χ1n) is 5.34. The van der Waals surface area contributed by atoms with Crippen LogP contribution >= 0.6 is 33.9 Å². The molecule has 0 aliphatic rings. The average molecular weight is 375 g/mol. The van der Waals surface area contributed by atoms with Crippen LogP contribution in [0.3, 0.4) is 0 Å². The lowest BCUT2D eigenvalue weighted by molar-refractivity contribution is -0.141. The van der Waals surface area contributed by atoms with E-state index in [1.807, 2.05) is 24.3 Å². The number of hydrogen-bond donors (Lipinski definition) is 0. The van der Waals surface area contributed by atoms with E-state index in [0.29, 0.717) is 5.01 Å². The number of esters is 1. The third-order valence-electron chi connectivity index (χ3n) is 2.23. The molecule has 1 heterocycles. The van der Waals surface area contributed by atoms with E-state index in [4.69, 9.17) is 4.74 Å². The third-order valence-corrected chi connectivity index (χ3v) is 4.35. The van der Waals surface area contributed by atoms with Gasteiger partial charge in [0.15, 0.2) is 8.93 Å². The molecule has 0 N–H and O–H groups in total. The third kappa shape index (κ3) is 2.69. The highest BCUT2D eigenvalue weighted by molar-refractivity contribution is 14.1. The Morgan fingerprint density at radius 2 is 2.17 bits per heavy atom. The van der Waals surface area contributed by atoms with Gasteiger partial charge >= 0.3 is 5.97 Å². The van der Waals surface area contributed by atoms with Gasteiger partial charge in [0, 0.05) is 0 Å². The van der Waals surface area contributed by atoms with Gasteiger partial charge in [-0.2, -0.15) is 0 Å². The van der Waals surface area contributed by atoms with Crippen LogP contribution in [0.4, 0.5) is 0 Å². The maximum absolute atomic E-state index is 12.1. The number of thiazole rings is 1. The summed E-state index contributed by atoms with van der Waals surface area (Å²) < 4.78 is 4.94. The number of fused-ring (bicyclic) bond motifs is 1. The lowest BCUT2D eigenvalue weighted by Gasteiger charge is -2.05. The van der Waals surface area contributed by atoms with Crippen molar-refractivity contribution in [1.29, 1.82) is 0 Å². The zero-order valence-electron chi connectivity index (χ0n) is 9.55. The first kappa shape index (κ1) is 13.4. The molecule has 1 atom stereocenters. The molecule has 0 bridgehead atoms. The number of para-hydroxylation sites is 1. The van der Waals surface area contributed by atoms with Crippen molar-refractivity contribution in [3.63, 3.8) is 0 Å². The summed E-state index contributed by atoms with van der Waals surface area (Å²) >= 11 is 3.08. The summed E-state index contributed by atoms with van der Waals surface area (Å²) in [7, 11) is 0. The predicted octanol–water partition coefficient (Wildman–Crippen LogP) is 2.85. The molecule has 94 valence electrons. The number of ketones is 1. The first-order chi connectivity index (χ1) is 8.63. The van der Waals surface area contributed by atoms with Crippen molar-refractivity contribution in [1.82, 2.24) is 4.98 Å². The molecular weight excluding hydrogens is 365 g/mol. The molecule has 1 aromatic heterocycles. The molecule has 0 aliphatic carbocycles. The fourth-order valence-corrected chi connectivity index (χ4v) is 3.03. The van der Waals surface area contributed by atoms with Gasteiger partial charge in [-0.1, -0.05) is 34.7 Å². The van der Waals surface area contributed by atoms with Gasteiger partial charge in [-0.3, -0.25) is 9.59 Å². The Hall–Kier alpha value is -1.02. The van der Waals surface area contributed by atoms with E-state index >= 15 is 0 Å². The zero-order valence-corrected chi connectivity index (χ0v) is 12.5. The Labute approximate surface area is 121 Å². The topological polar surface area (TPSA) is 56.3 Å². The van der Waals surface area contributed by atoms with Crippen molar-refractivity contribution in [2.24, 2.45) is 0 Å². The fourth-order valence-electron chi connectivity index (χ4n) is 1.41. The molecule has 0 aliphatic heterocycles. The Kier molecular flexibility index (Phi) is 4.28. The molecule has 4 nitrogen and oxygen atoms in total. The molecule has 18 heavy (non-hydrogen) atoms. The normalized spacial score (nSPS) is 12.3. The summed E-state index contributed by atoms with van der Waals surface area (Å²) in [5.74, 6) is -0.808. The number of hydrogen-bond acceptors (Lipinski definition) is 5.